The quantitative estimate of drug-likeness (QED) is 0.341. The minimum atomic E-state index is -0.00463. The lowest BCUT2D eigenvalue weighted by molar-refractivity contribution is -0.110. The van der Waals surface area contributed by atoms with Crippen LogP contribution >= 0.6 is 0 Å². The lowest BCUT2D eigenvalue weighted by atomic mass is 10.2. The van der Waals surface area contributed by atoms with E-state index >= 15 is 0 Å². The van der Waals surface area contributed by atoms with Crippen molar-refractivity contribution in [2.75, 3.05) is 6.54 Å². The van der Waals surface area contributed by atoms with Crippen LogP contribution in [0.1, 0.15) is 12.8 Å². The second-order valence-electron chi connectivity index (χ2n) is 2.08. The Balaban J connectivity index is 2.41. The Bertz CT molecular complexity index is 96.4. The zero-order valence-corrected chi connectivity index (χ0v) is 4.71. The zero-order chi connectivity index (χ0) is 5.98. The fourth-order valence-electron chi connectivity index (χ4n) is 0.961. The van der Waals surface area contributed by atoms with E-state index in [1.54, 1.807) is 4.81 Å². The van der Waals surface area contributed by atoms with E-state index in [9.17, 15) is 4.79 Å². The lowest BCUT2D eigenvalue weighted by Crippen LogP contribution is -2.27. The second kappa shape index (κ2) is 2.31. The average Bonchev–Trinajstić information content (AvgIpc) is 2.14. The number of hydrogen-bond donors (Lipinski definition) is 0. The van der Waals surface area contributed by atoms with Crippen LogP contribution < -0.4 is 0 Å². The van der Waals surface area contributed by atoms with Crippen LogP contribution in [0.25, 0.3) is 0 Å². The first-order valence-corrected chi connectivity index (χ1v) is 2.81. The summed E-state index contributed by atoms with van der Waals surface area (Å²) >= 11 is 0. The molecule has 0 aromatic carbocycles. The summed E-state index contributed by atoms with van der Waals surface area (Å²) in [6.45, 7) is 0.864. The Hall–Kier alpha value is -0.305. The van der Waals surface area contributed by atoms with Gasteiger partial charge in [0.15, 0.2) is 7.98 Å². The van der Waals surface area contributed by atoms with Crippen molar-refractivity contribution >= 4 is 14.3 Å². The fraction of sp³-hybridized carbons (Fsp3) is 0.800. The number of aldehydes is 1. The first-order valence-electron chi connectivity index (χ1n) is 2.81. The van der Waals surface area contributed by atoms with Gasteiger partial charge in [-0.25, -0.2) is 0 Å². The highest BCUT2D eigenvalue weighted by Gasteiger charge is 2.18. The second-order valence-corrected chi connectivity index (χ2v) is 2.08. The van der Waals surface area contributed by atoms with Crippen LogP contribution in [-0.2, 0) is 4.79 Å². The van der Waals surface area contributed by atoms with E-state index in [1.165, 1.54) is 0 Å². The van der Waals surface area contributed by atoms with E-state index in [2.05, 4.69) is 0 Å². The molecule has 0 aliphatic carbocycles. The normalized spacial score (nSPS) is 30.8. The van der Waals surface area contributed by atoms with E-state index in [0.717, 1.165) is 25.7 Å². The first kappa shape index (κ1) is 5.82. The molecule has 1 heterocycles. The third-order valence-corrected chi connectivity index (χ3v) is 1.50. The van der Waals surface area contributed by atoms with Crippen molar-refractivity contribution in [2.24, 2.45) is 0 Å². The average molecular weight is 109 g/mol. The van der Waals surface area contributed by atoms with Crippen LogP contribution in [0.2, 0.25) is 0 Å². The molecule has 0 aromatic heterocycles. The summed E-state index contributed by atoms with van der Waals surface area (Å²) in [7, 11) is 5.39. The number of carbonyl (C=O) groups is 1. The van der Waals surface area contributed by atoms with E-state index in [4.69, 9.17) is 7.98 Å². The molecule has 1 fully saturated rings. The molecule has 1 aliphatic rings. The Kier molecular flexibility index (Phi) is 1.68. The zero-order valence-electron chi connectivity index (χ0n) is 4.71. The van der Waals surface area contributed by atoms with Crippen LogP contribution in [0.5, 0.6) is 0 Å². The SMILES string of the molecule is [B]N1CCC[C@H]1C=O. The van der Waals surface area contributed by atoms with Crippen LogP contribution in [0.3, 0.4) is 0 Å². The Morgan fingerprint density at radius 3 is 2.75 bits per heavy atom. The summed E-state index contributed by atoms with van der Waals surface area (Å²) in [6, 6.07) is -0.00463. The molecular weight excluding hydrogens is 101 g/mol. The van der Waals surface area contributed by atoms with Crippen LogP contribution in [0.4, 0.5) is 0 Å². The summed E-state index contributed by atoms with van der Waals surface area (Å²) in [6.07, 6.45) is 2.90. The topological polar surface area (TPSA) is 20.3 Å². The molecule has 0 unspecified atom stereocenters. The third kappa shape index (κ3) is 0.918. The molecule has 1 saturated heterocycles. The standard InChI is InChI=1S/C5H8BNO/c6-7-3-1-2-5(7)4-8/h4-5H,1-3H2/t5-/m0/s1. The van der Waals surface area contributed by atoms with Crippen molar-refractivity contribution < 1.29 is 4.79 Å². The van der Waals surface area contributed by atoms with Gasteiger partial charge >= 0.3 is 0 Å². The molecule has 1 rings (SSSR count). The maximum Gasteiger partial charge on any atom is 0.183 e. The number of rotatable bonds is 1. The maximum atomic E-state index is 10.1. The summed E-state index contributed by atoms with van der Waals surface area (Å²) < 4.78 is 0. The molecule has 0 saturated carbocycles. The predicted molar refractivity (Wildman–Crippen MR) is 31.5 cm³/mol. The Morgan fingerprint density at radius 1 is 1.75 bits per heavy atom. The molecule has 0 aromatic rings. The van der Waals surface area contributed by atoms with Gasteiger partial charge in [0.1, 0.15) is 6.29 Å². The van der Waals surface area contributed by atoms with Gasteiger partial charge in [0, 0.05) is 0 Å². The van der Waals surface area contributed by atoms with Crippen molar-refractivity contribution in [1.29, 1.82) is 0 Å². The monoisotopic (exact) mass is 109 g/mol. The summed E-state index contributed by atoms with van der Waals surface area (Å²) in [5.74, 6) is 0. The number of carbonyl (C=O) groups excluding carboxylic acids is 1. The van der Waals surface area contributed by atoms with Crippen molar-refractivity contribution in [3.8, 4) is 0 Å². The summed E-state index contributed by atoms with van der Waals surface area (Å²) in [5, 5.41) is 0. The summed E-state index contributed by atoms with van der Waals surface area (Å²) in [4.78, 5) is 11.7. The molecule has 3 heteroatoms. The third-order valence-electron chi connectivity index (χ3n) is 1.50. The summed E-state index contributed by atoms with van der Waals surface area (Å²) in [5.41, 5.74) is 0. The molecule has 2 nitrogen and oxygen atoms in total. The van der Waals surface area contributed by atoms with Gasteiger partial charge in [0.25, 0.3) is 0 Å². The largest absolute Gasteiger partial charge is 0.345 e. The van der Waals surface area contributed by atoms with Gasteiger partial charge in [0.05, 0.1) is 6.04 Å². The lowest BCUT2D eigenvalue weighted by Gasteiger charge is -2.11. The minimum Gasteiger partial charge on any atom is -0.345 e. The molecule has 1 aliphatic heterocycles. The van der Waals surface area contributed by atoms with Crippen molar-refractivity contribution in [1.82, 2.24) is 4.81 Å². The van der Waals surface area contributed by atoms with E-state index < -0.39 is 0 Å². The van der Waals surface area contributed by atoms with Crippen molar-refractivity contribution in [3.63, 3.8) is 0 Å². The highest BCUT2D eigenvalue weighted by atomic mass is 16.1. The van der Waals surface area contributed by atoms with Crippen LogP contribution in [-0.4, -0.2) is 31.7 Å². The van der Waals surface area contributed by atoms with Gasteiger partial charge in [-0.1, -0.05) is 0 Å². The van der Waals surface area contributed by atoms with Gasteiger partial charge in [-0.2, -0.15) is 0 Å². The molecule has 1 atom stereocenters. The Labute approximate surface area is 50.3 Å². The predicted octanol–water partition coefficient (Wildman–Crippen LogP) is -0.267. The van der Waals surface area contributed by atoms with E-state index in [-0.39, 0.29) is 6.04 Å². The Morgan fingerprint density at radius 2 is 2.50 bits per heavy atom. The van der Waals surface area contributed by atoms with Gasteiger partial charge in [0.2, 0.25) is 0 Å². The molecule has 8 heavy (non-hydrogen) atoms. The van der Waals surface area contributed by atoms with Gasteiger partial charge in [-0.05, 0) is 19.4 Å². The fourth-order valence-corrected chi connectivity index (χ4v) is 0.961. The molecule has 0 amide bonds. The molecule has 42 valence electrons. The van der Waals surface area contributed by atoms with Crippen LogP contribution in [0, 0.1) is 0 Å². The van der Waals surface area contributed by atoms with Crippen molar-refractivity contribution in [2.45, 2.75) is 18.9 Å². The molecule has 2 radical (unpaired) electrons. The van der Waals surface area contributed by atoms with Gasteiger partial charge in [-0.3, -0.25) is 0 Å². The number of hydrogen-bond acceptors (Lipinski definition) is 2. The molecule has 0 bridgehead atoms. The van der Waals surface area contributed by atoms with E-state index in [1.807, 2.05) is 0 Å². The highest BCUT2D eigenvalue weighted by molar-refractivity contribution is 6.05. The smallest absolute Gasteiger partial charge is 0.183 e. The first-order chi connectivity index (χ1) is 3.84. The highest BCUT2D eigenvalue weighted by Crippen LogP contribution is 2.10. The van der Waals surface area contributed by atoms with Gasteiger partial charge in [-0.15, -0.1) is 0 Å². The molecule has 0 N–H and O–H groups in total. The molecular formula is C5H8BNO. The van der Waals surface area contributed by atoms with Gasteiger partial charge < -0.3 is 9.61 Å². The minimum absolute atomic E-state index is 0.00463. The number of nitrogens with zero attached hydrogens (tertiary/aromatic N) is 1. The van der Waals surface area contributed by atoms with E-state index in [0.29, 0.717) is 0 Å². The van der Waals surface area contributed by atoms with Crippen LogP contribution in [0.15, 0.2) is 0 Å². The van der Waals surface area contributed by atoms with Crippen molar-refractivity contribution in [3.05, 3.63) is 0 Å². The maximum absolute atomic E-state index is 10.1. The molecule has 0 spiro atoms.